The number of allylic oxidation sites excluding steroid dienone is 1. The molecule has 0 aromatic carbocycles. The van der Waals surface area contributed by atoms with Crippen molar-refractivity contribution in [1.82, 2.24) is 0 Å². The zero-order valence-electron chi connectivity index (χ0n) is 9.13. The second-order valence-electron chi connectivity index (χ2n) is 3.52. The van der Waals surface area contributed by atoms with E-state index >= 15 is 0 Å². The van der Waals surface area contributed by atoms with Crippen LogP contribution in [0, 0.1) is 5.92 Å². The van der Waals surface area contributed by atoms with Crippen LogP contribution in [0.3, 0.4) is 0 Å². The fourth-order valence-corrected chi connectivity index (χ4v) is 1.07. The summed E-state index contributed by atoms with van der Waals surface area (Å²) in [5.74, 6) is -0.199. The minimum atomic E-state index is -0.241. The van der Waals surface area contributed by atoms with E-state index in [9.17, 15) is 9.59 Å². The first kappa shape index (κ1) is 12.9. The Bertz CT molecular complexity index is 231. The molecule has 0 aliphatic heterocycles. The van der Waals surface area contributed by atoms with E-state index in [1.807, 2.05) is 6.92 Å². The maximum Gasteiger partial charge on any atom is 0.306 e. The van der Waals surface area contributed by atoms with Gasteiger partial charge in [0, 0.05) is 12.8 Å². The van der Waals surface area contributed by atoms with Crippen LogP contribution >= 0.6 is 0 Å². The predicted molar refractivity (Wildman–Crippen MR) is 54.9 cm³/mol. The normalized spacial score (nSPS) is 11.9. The summed E-state index contributed by atoms with van der Waals surface area (Å²) >= 11 is 0. The summed E-state index contributed by atoms with van der Waals surface area (Å²) in [5.41, 5.74) is 0.542. The van der Waals surface area contributed by atoms with Crippen molar-refractivity contribution in [3.8, 4) is 0 Å². The molecular weight excluding hydrogens is 180 g/mol. The fraction of sp³-hybridized carbons (Fsp3) is 0.636. The van der Waals surface area contributed by atoms with Gasteiger partial charge in [-0.3, -0.25) is 9.59 Å². The summed E-state index contributed by atoms with van der Waals surface area (Å²) in [7, 11) is 0. The molecule has 0 radical (unpaired) electrons. The van der Waals surface area contributed by atoms with Crippen LogP contribution in [0.25, 0.3) is 0 Å². The number of ketones is 1. The van der Waals surface area contributed by atoms with E-state index in [0.29, 0.717) is 25.0 Å². The molecule has 1 unspecified atom stereocenters. The monoisotopic (exact) mass is 198 g/mol. The van der Waals surface area contributed by atoms with Gasteiger partial charge in [-0.25, -0.2) is 0 Å². The first-order valence-electron chi connectivity index (χ1n) is 4.81. The van der Waals surface area contributed by atoms with E-state index in [1.54, 1.807) is 13.8 Å². The average Bonchev–Trinajstić information content (AvgIpc) is 2.03. The minimum Gasteiger partial charge on any atom is -0.466 e. The van der Waals surface area contributed by atoms with Gasteiger partial charge in [0.1, 0.15) is 0 Å². The molecule has 1 atom stereocenters. The highest BCUT2D eigenvalue weighted by molar-refractivity contribution is 5.94. The predicted octanol–water partition coefficient (Wildman–Crippen LogP) is 2.11. The van der Waals surface area contributed by atoms with Gasteiger partial charge in [-0.1, -0.05) is 13.5 Å². The number of Topliss-reactive ketones (excluding diaryl/α,β-unsaturated/α-hetero) is 1. The molecule has 0 saturated carbocycles. The highest BCUT2D eigenvalue weighted by Crippen LogP contribution is 2.11. The number of hydrogen-bond donors (Lipinski definition) is 0. The van der Waals surface area contributed by atoms with Crippen molar-refractivity contribution < 1.29 is 14.3 Å². The highest BCUT2D eigenvalue weighted by atomic mass is 16.5. The third kappa shape index (κ3) is 5.51. The minimum absolute atomic E-state index is 0.0156. The molecule has 0 aliphatic rings. The summed E-state index contributed by atoms with van der Waals surface area (Å²) in [6.07, 6.45) is 0.668. The lowest BCUT2D eigenvalue weighted by Gasteiger charge is -2.09. The van der Waals surface area contributed by atoms with Crippen molar-refractivity contribution in [2.24, 2.45) is 5.92 Å². The van der Waals surface area contributed by atoms with Crippen LogP contribution in [0.15, 0.2) is 12.2 Å². The molecular formula is C11H18O3. The Balaban J connectivity index is 3.86. The maximum atomic E-state index is 11.2. The smallest absolute Gasteiger partial charge is 0.306 e. The van der Waals surface area contributed by atoms with Crippen LogP contribution in [0.2, 0.25) is 0 Å². The van der Waals surface area contributed by atoms with E-state index < -0.39 is 0 Å². The standard InChI is InChI=1S/C11H18O3/c1-5-14-11(13)7-9(4)6-10(12)8(2)3/h9H,2,5-7H2,1,3-4H3. The number of hydrogen-bond acceptors (Lipinski definition) is 3. The van der Waals surface area contributed by atoms with Gasteiger partial charge in [-0.05, 0) is 25.3 Å². The number of rotatable bonds is 6. The third-order valence-electron chi connectivity index (χ3n) is 1.83. The van der Waals surface area contributed by atoms with Gasteiger partial charge in [0.05, 0.1) is 6.61 Å². The SMILES string of the molecule is C=C(C)C(=O)CC(C)CC(=O)OCC. The van der Waals surface area contributed by atoms with Gasteiger partial charge in [0.15, 0.2) is 5.78 Å². The molecule has 0 saturated heterocycles. The molecule has 0 heterocycles. The average molecular weight is 198 g/mol. The first-order chi connectivity index (χ1) is 6.47. The van der Waals surface area contributed by atoms with Crippen molar-refractivity contribution in [2.45, 2.75) is 33.6 Å². The van der Waals surface area contributed by atoms with Gasteiger partial charge in [-0.2, -0.15) is 0 Å². The highest BCUT2D eigenvalue weighted by Gasteiger charge is 2.13. The van der Waals surface area contributed by atoms with Gasteiger partial charge >= 0.3 is 5.97 Å². The Labute approximate surface area is 85.1 Å². The fourth-order valence-electron chi connectivity index (χ4n) is 1.07. The number of esters is 1. The second kappa shape index (κ2) is 6.35. The molecule has 0 aliphatic carbocycles. The topological polar surface area (TPSA) is 43.4 Å². The van der Waals surface area contributed by atoms with Crippen LogP contribution in [0.5, 0.6) is 0 Å². The van der Waals surface area contributed by atoms with E-state index in [1.165, 1.54) is 0 Å². The summed E-state index contributed by atoms with van der Waals surface area (Å²) in [5, 5.41) is 0. The van der Waals surface area contributed by atoms with Crippen LogP contribution < -0.4 is 0 Å². The Morgan fingerprint density at radius 2 is 1.93 bits per heavy atom. The Kier molecular flexibility index (Phi) is 5.84. The summed E-state index contributed by atoms with van der Waals surface area (Å²) < 4.78 is 4.78. The molecule has 0 aromatic rings. The summed E-state index contributed by atoms with van der Waals surface area (Å²) in [6, 6.07) is 0. The second-order valence-corrected chi connectivity index (χ2v) is 3.52. The van der Waals surface area contributed by atoms with E-state index in [-0.39, 0.29) is 17.7 Å². The lowest BCUT2D eigenvalue weighted by molar-refractivity contribution is -0.144. The molecule has 0 bridgehead atoms. The molecule has 0 spiro atoms. The molecule has 0 aromatic heterocycles. The van der Waals surface area contributed by atoms with Crippen LogP contribution in [-0.2, 0) is 14.3 Å². The molecule has 14 heavy (non-hydrogen) atoms. The molecule has 3 heteroatoms. The molecule has 0 N–H and O–H groups in total. The molecule has 0 rings (SSSR count). The Morgan fingerprint density at radius 1 is 1.36 bits per heavy atom. The van der Waals surface area contributed by atoms with Gasteiger partial charge in [-0.15, -0.1) is 0 Å². The lowest BCUT2D eigenvalue weighted by Crippen LogP contribution is -2.13. The van der Waals surface area contributed by atoms with E-state index in [0.717, 1.165) is 0 Å². The van der Waals surface area contributed by atoms with Crippen LogP contribution in [0.1, 0.15) is 33.6 Å². The molecule has 80 valence electrons. The quantitative estimate of drug-likeness (QED) is 0.485. The van der Waals surface area contributed by atoms with Crippen molar-refractivity contribution in [2.75, 3.05) is 6.61 Å². The van der Waals surface area contributed by atoms with E-state index in [2.05, 4.69) is 6.58 Å². The van der Waals surface area contributed by atoms with Crippen molar-refractivity contribution in [1.29, 1.82) is 0 Å². The zero-order valence-corrected chi connectivity index (χ0v) is 9.13. The zero-order chi connectivity index (χ0) is 11.1. The lowest BCUT2D eigenvalue weighted by atomic mass is 9.98. The van der Waals surface area contributed by atoms with Gasteiger partial charge in [0.2, 0.25) is 0 Å². The van der Waals surface area contributed by atoms with Crippen molar-refractivity contribution >= 4 is 11.8 Å². The van der Waals surface area contributed by atoms with Crippen molar-refractivity contribution in [3.63, 3.8) is 0 Å². The first-order valence-corrected chi connectivity index (χ1v) is 4.81. The number of ether oxygens (including phenoxy) is 1. The van der Waals surface area contributed by atoms with Crippen LogP contribution in [-0.4, -0.2) is 18.4 Å². The molecule has 0 amide bonds. The molecule has 3 nitrogen and oxygen atoms in total. The van der Waals surface area contributed by atoms with E-state index in [4.69, 9.17) is 4.74 Å². The van der Waals surface area contributed by atoms with Crippen molar-refractivity contribution in [3.05, 3.63) is 12.2 Å². The van der Waals surface area contributed by atoms with Gasteiger partial charge < -0.3 is 4.74 Å². The Hall–Kier alpha value is -1.12. The van der Waals surface area contributed by atoms with Crippen LogP contribution in [0.4, 0.5) is 0 Å². The third-order valence-corrected chi connectivity index (χ3v) is 1.83. The van der Waals surface area contributed by atoms with Gasteiger partial charge in [0.25, 0.3) is 0 Å². The number of carbonyl (C=O) groups is 2. The molecule has 0 fully saturated rings. The largest absolute Gasteiger partial charge is 0.466 e. The summed E-state index contributed by atoms with van der Waals surface area (Å²) in [4.78, 5) is 22.3. The number of carbonyl (C=O) groups excluding carboxylic acids is 2. The Morgan fingerprint density at radius 3 is 2.36 bits per heavy atom. The maximum absolute atomic E-state index is 11.2. The summed E-state index contributed by atoms with van der Waals surface area (Å²) in [6.45, 7) is 9.25.